The molecule has 1 N–H and O–H groups in total. The van der Waals surface area contributed by atoms with Crippen molar-refractivity contribution in [3.05, 3.63) is 59.2 Å². The van der Waals surface area contributed by atoms with Gasteiger partial charge in [0.05, 0.1) is 7.11 Å². The molecule has 0 unspecified atom stereocenters. The van der Waals surface area contributed by atoms with Crippen molar-refractivity contribution in [1.82, 2.24) is 10.2 Å². The van der Waals surface area contributed by atoms with E-state index in [1.54, 1.807) is 7.11 Å². The molecule has 1 amide bonds. The maximum atomic E-state index is 12.6. The Kier molecular flexibility index (Phi) is 6.01. The number of nitrogens with zero attached hydrogens (tertiary/aromatic N) is 1. The number of carbonyl (C=O) groups excluding carboxylic acids is 1. The molecule has 2 aromatic carbocycles. The van der Waals surface area contributed by atoms with Crippen LogP contribution in [0, 0.1) is 0 Å². The summed E-state index contributed by atoms with van der Waals surface area (Å²) in [5.74, 6) is 1.69. The largest absolute Gasteiger partial charge is 0.496 e. The van der Waals surface area contributed by atoms with Crippen molar-refractivity contribution in [1.29, 1.82) is 0 Å². The summed E-state index contributed by atoms with van der Waals surface area (Å²) in [6.07, 6.45) is 1.47. The molecule has 1 aliphatic rings. The van der Waals surface area contributed by atoms with Gasteiger partial charge in [-0.2, -0.15) is 0 Å². The van der Waals surface area contributed by atoms with Crippen molar-refractivity contribution in [2.24, 2.45) is 0 Å². The maximum absolute atomic E-state index is 12.6. The highest BCUT2D eigenvalue weighted by Crippen LogP contribution is 2.35. The molecule has 144 valence electrons. The zero-order valence-electron chi connectivity index (χ0n) is 16.5. The Labute approximate surface area is 161 Å². The zero-order chi connectivity index (χ0) is 19.4. The van der Waals surface area contributed by atoms with Gasteiger partial charge in [-0.25, -0.2) is 0 Å². The smallest absolute Gasteiger partial charge is 0.222 e. The van der Waals surface area contributed by atoms with Crippen LogP contribution in [-0.2, 0) is 17.8 Å². The Morgan fingerprint density at radius 3 is 2.70 bits per heavy atom. The lowest BCUT2D eigenvalue weighted by atomic mass is 10.0. The van der Waals surface area contributed by atoms with Gasteiger partial charge in [-0.3, -0.25) is 4.79 Å². The lowest BCUT2D eigenvalue weighted by molar-refractivity contribution is -0.122. The fourth-order valence-corrected chi connectivity index (χ4v) is 3.52. The van der Waals surface area contributed by atoms with Gasteiger partial charge in [0, 0.05) is 36.6 Å². The highest BCUT2D eigenvalue weighted by molar-refractivity contribution is 5.77. The van der Waals surface area contributed by atoms with Crippen molar-refractivity contribution < 1.29 is 14.3 Å². The van der Waals surface area contributed by atoms with Gasteiger partial charge in [-0.1, -0.05) is 30.3 Å². The lowest BCUT2D eigenvalue weighted by Gasteiger charge is -2.24. The number of benzene rings is 2. The topological polar surface area (TPSA) is 50.8 Å². The summed E-state index contributed by atoms with van der Waals surface area (Å²) in [6.45, 7) is 2.47. The standard InChI is InChI=1S/C22H28N2O3/c1-15-10-17-11-20(26-4)18(12-21(17)27-15)14-23-22(25)13-19(24(2)3)16-8-6-5-7-9-16/h5-9,11-12,15,19H,10,13-14H2,1-4H3,(H,23,25)/t15-,19-/m0/s1. The molecule has 0 radical (unpaired) electrons. The Balaban J connectivity index is 1.66. The Bertz CT molecular complexity index is 790. The molecule has 2 atom stereocenters. The van der Waals surface area contributed by atoms with Crippen molar-refractivity contribution in [3.8, 4) is 11.5 Å². The third-order valence-electron chi connectivity index (χ3n) is 4.96. The van der Waals surface area contributed by atoms with E-state index in [9.17, 15) is 4.79 Å². The third kappa shape index (κ3) is 4.61. The number of methoxy groups -OCH3 is 1. The minimum Gasteiger partial charge on any atom is -0.496 e. The van der Waals surface area contributed by atoms with Gasteiger partial charge in [-0.15, -0.1) is 0 Å². The average Bonchev–Trinajstić information content (AvgIpc) is 3.02. The summed E-state index contributed by atoms with van der Waals surface area (Å²) in [4.78, 5) is 14.6. The van der Waals surface area contributed by atoms with Crippen LogP contribution in [0.3, 0.4) is 0 Å². The first-order chi connectivity index (χ1) is 13.0. The van der Waals surface area contributed by atoms with Gasteiger partial charge in [0.15, 0.2) is 0 Å². The predicted molar refractivity (Wildman–Crippen MR) is 106 cm³/mol. The van der Waals surface area contributed by atoms with Crippen LogP contribution in [0.2, 0.25) is 0 Å². The van der Waals surface area contributed by atoms with Gasteiger partial charge in [-0.05, 0) is 38.7 Å². The number of rotatable bonds is 7. The summed E-state index contributed by atoms with van der Waals surface area (Å²) in [5.41, 5.74) is 3.22. The number of amides is 1. The third-order valence-corrected chi connectivity index (χ3v) is 4.96. The molecule has 0 saturated heterocycles. The van der Waals surface area contributed by atoms with E-state index in [0.717, 1.165) is 34.6 Å². The molecule has 0 fully saturated rings. The number of ether oxygens (including phenoxy) is 2. The summed E-state index contributed by atoms with van der Waals surface area (Å²) in [7, 11) is 5.64. The van der Waals surface area contributed by atoms with Crippen molar-refractivity contribution in [2.45, 2.75) is 38.5 Å². The van der Waals surface area contributed by atoms with E-state index < -0.39 is 0 Å². The second-order valence-electron chi connectivity index (χ2n) is 7.28. The Morgan fingerprint density at radius 1 is 1.30 bits per heavy atom. The van der Waals surface area contributed by atoms with E-state index in [4.69, 9.17) is 9.47 Å². The van der Waals surface area contributed by atoms with Crippen LogP contribution in [-0.4, -0.2) is 38.1 Å². The average molecular weight is 368 g/mol. The first kappa shape index (κ1) is 19.2. The van der Waals surface area contributed by atoms with Crippen LogP contribution in [0.25, 0.3) is 0 Å². The van der Waals surface area contributed by atoms with Gasteiger partial charge in [0.25, 0.3) is 0 Å². The van der Waals surface area contributed by atoms with Crippen molar-refractivity contribution in [2.75, 3.05) is 21.2 Å². The van der Waals surface area contributed by atoms with Crippen LogP contribution < -0.4 is 14.8 Å². The molecular weight excluding hydrogens is 340 g/mol. The van der Waals surface area contributed by atoms with Crippen LogP contribution >= 0.6 is 0 Å². The monoisotopic (exact) mass is 368 g/mol. The molecule has 0 saturated carbocycles. The van der Waals surface area contributed by atoms with Gasteiger partial charge in [0.1, 0.15) is 17.6 Å². The van der Waals surface area contributed by atoms with E-state index in [0.29, 0.717) is 13.0 Å². The normalized spacial score (nSPS) is 16.6. The van der Waals surface area contributed by atoms with E-state index >= 15 is 0 Å². The van der Waals surface area contributed by atoms with Gasteiger partial charge in [0.2, 0.25) is 5.91 Å². The molecule has 5 nitrogen and oxygen atoms in total. The Morgan fingerprint density at radius 2 is 2.04 bits per heavy atom. The summed E-state index contributed by atoms with van der Waals surface area (Å²) < 4.78 is 11.3. The highest BCUT2D eigenvalue weighted by atomic mass is 16.5. The highest BCUT2D eigenvalue weighted by Gasteiger charge is 2.22. The number of carbonyl (C=O) groups is 1. The van der Waals surface area contributed by atoms with Crippen LogP contribution in [0.4, 0.5) is 0 Å². The molecule has 1 aliphatic heterocycles. The van der Waals surface area contributed by atoms with Crippen LogP contribution in [0.1, 0.15) is 36.1 Å². The molecule has 0 aromatic heterocycles. The summed E-state index contributed by atoms with van der Waals surface area (Å²) >= 11 is 0. The lowest BCUT2D eigenvalue weighted by Crippen LogP contribution is -2.29. The molecule has 5 heteroatoms. The molecule has 27 heavy (non-hydrogen) atoms. The Hall–Kier alpha value is -2.53. The maximum Gasteiger partial charge on any atom is 0.222 e. The minimum absolute atomic E-state index is 0.00870. The van der Waals surface area contributed by atoms with Gasteiger partial charge < -0.3 is 19.7 Å². The second kappa shape index (κ2) is 8.44. The number of fused-ring (bicyclic) bond motifs is 1. The summed E-state index contributed by atoms with van der Waals surface area (Å²) in [6, 6.07) is 14.1. The fourth-order valence-electron chi connectivity index (χ4n) is 3.52. The molecule has 2 aromatic rings. The SMILES string of the molecule is COc1cc2c(cc1CNC(=O)C[C@@H](c1ccccc1)N(C)C)O[C@@H](C)C2. The fraction of sp³-hybridized carbons (Fsp3) is 0.409. The molecular formula is C22H28N2O3. The number of nitrogens with one attached hydrogen (secondary N) is 1. The van der Waals surface area contributed by atoms with Crippen LogP contribution in [0.15, 0.2) is 42.5 Å². The molecule has 0 aliphatic carbocycles. The van der Waals surface area contributed by atoms with Gasteiger partial charge >= 0.3 is 0 Å². The number of hydrogen-bond acceptors (Lipinski definition) is 4. The minimum atomic E-state index is 0.00870. The zero-order valence-corrected chi connectivity index (χ0v) is 16.5. The molecule has 1 heterocycles. The van der Waals surface area contributed by atoms with Crippen molar-refractivity contribution >= 4 is 5.91 Å². The number of hydrogen-bond donors (Lipinski definition) is 1. The van der Waals surface area contributed by atoms with E-state index in [1.165, 1.54) is 0 Å². The molecule has 0 spiro atoms. The van der Waals surface area contributed by atoms with Crippen molar-refractivity contribution in [3.63, 3.8) is 0 Å². The predicted octanol–water partition coefficient (Wildman–Crippen LogP) is 3.33. The quantitative estimate of drug-likeness (QED) is 0.814. The first-order valence-electron chi connectivity index (χ1n) is 9.32. The van der Waals surface area contributed by atoms with Crippen LogP contribution in [0.5, 0.6) is 11.5 Å². The van der Waals surface area contributed by atoms with E-state index in [1.807, 2.05) is 44.4 Å². The molecule has 3 rings (SSSR count). The van der Waals surface area contributed by atoms with E-state index in [2.05, 4.69) is 29.3 Å². The van der Waals surface area contributed by atoms with E-state index in [-0.39, 0.29) is 18.1 Å². The summed E-state index contributed by atoms with van der Waals surface area (Å²) in [5, 5.41) is 3.03. The first-order valence-corrected chi connectivity index (χ1v) is 9.32. The molecule has 0 bridgehead atoms. The second-order valence-corrected chi connectivity index (χ2v) is 7.28.